The second-order valence-electron chi connectivity index (χ2n) is 5.10. The van der Waals surface area contributed by atoms with E-state index in [2.05, 4.69) is 9.97 Å². The zero-order valence-electron chi connectivity index (χ0n) is 13.0. The van der Waals surface area contributed by atoms with Gasteiger partial charge in [-0.15, -0.1) is 0 Å². The minimum absolute atomic E-state index is 0.171. The molecule has 1 aromatic carbocycles. The Hall–Kier alpha value is -3.28. The lowest BCUT2D eigenvalue weighted by molar-refractivity contribution is 0.368. The van der Waals surface area contributed by atoms with Crippen molar-refractivity contribution < 1.29 is 9.13 Å². The molecule has 3 rings (SSSR count). The number of hydrogen-bond acceptors (Lipinski definition) is 5. The van der Waals surface area contributed by atoms with E-state index in [1.54, 1.807) is 42.6 Å². The number of allylic oxidation sites excluding steroid dienone is 5. The molecule has 5 nitrogen and oxygen atoms in total. The maximum atomic E-state index is 13.5. The summed E-state index contributed by atoms with van der Waals surface area (Å²) in [6.07, 6.45) is 6.75. The van der Waals surface area contributed by atoms with Crippen LogP contribution in [0.3, 0.4) is 0 Å². The Labute approximate surface area is 138 Å². The summed E-state index contributed by atoms with van der Waals surface area (Å²) < 4.78 is 19.0. The molecule has 6 heteroatoms. The van der Waals surface area contributed by atoms with Gasteiger partial charge in [-0.3, -0.25) is 0 Å². The molecule has 0 unspecified atom stereocenters. The van der Waals surface area contributed by atoms with Crippen molar-refractivity contribution in [2.45, 2.75) is 0 Å². The van der Waals surface area contributed by atoms with E-state index in [1.807, 2.05) is 0 Å². The monoisotopic (exact) mass is 322 g/mol. The summed E-state index contributed by atoms with van der Waals surface area (Å²) in [5.74, 6) is 0.224. The third kappa shape index (κ3) is 3.08. The average Bonchev–Trinajstić information content (AvgIpc) is 2.57. The summed E-state index contributed by atoms with van der Waals surface area (Å²) >= 11 is 0. The highest BCUT2D eigenvalue weighted by Crippen LogP contribution is 2.28. The standard InChI is InChI=1S/C18H15FN4O/c1-24-17(12-3-2-4-13(19)9-12)14-10-11(5-6-15(14)20)16-7-8-22-18(21)23-16/h2-10,20H,1H3,(H2,21,22,23)/b17-14-,20-15?. The number of nitrogens with zero attached hydrogens (tertiary/aromatic N) is 2. The first-order chi connectivity index (χ1) is 11.6. The lowest BCUT2D eigenvalue weighted by atomic mass is 9.95. The van der Waals surface area contributed by atoms with Gasteiger partial charge in [-0.05, 0) is 30.4 Å². The Morgan fingerprint density at radius 2 is 2.08 bits per heavy atom. The van der Waals surface area contributed by atoms with Crippen molar-refractivity contribution in [3.05, 3.63) is 77.4 Å². The third-order valence-corrected chi connectivity index (χ3v) is 3.53. The fraction of sp³-hybridized carbons (Fsp3) is 0.0556. The molecule has 0 saturated heterocycles. The molecule has 2 aromatic rings. The van der Waals surface area contributed by atoms with Gasteiger partial charge in [0.25, 0.3) is 0 Å². The first kappa shape index (κ1) is 15.6. The molecule has 1 aliphatic rings. The first-order valence-corrected chi connectivity index (χ1v) is 7.20. The van der Waals surface area contributed by atoms with E-state index in [4.69, 9.17) is 15.9 Å². The Bertz CT molecular complexity index is 899. The minimum Gasteiger partial charge on any atom is -0.495 e. The molecule has 0 atom stereocenters. The van der Waals surface area contributed by atoms with Crippen LogP contribution in [0.25, 0.3) is 11.3 Å². The molecular weight excluding hydrogens is 307 g/mol. The fourth-order valence-corrected chi connectivity index (χ4v) is 2.44. The molecule has 1 aromatic heterocycles. The molecule has 3 N–H and O–H groups in total. The zero-order valence-corrected chi connectivity index (χ0v) is 13.0. The summed E-state index contributed by atoms with van der Waals surface area (Å²) in [5.41, 5.74) is 8.39. The topological polar surface area (TPSA) is 84.9 Å². The number of hydrogen-bond donors (Lipinski definition) is 2. The number of nitrogens with two attached hydrogens (primary N) is 1. The summed E-state index contributed by atoms with van der Waals surface area (Å²) in [5, 5.41) is 8.16. The molecule has 1 aliphatic carbocycles. The minimum atomic E-state index is -0.367. The number of ether oxygens (including phenoxy) is 1. The van der Waals surface area contributed by atoms with Crippen molar-refractivity contribution in [1.82, 2.24) is 9.97 Å². The van der Waals surface area contributed by atoms with Crippen LogP contribution in [0.1, 0.15) is 11.3 Å². The summed E-state index contributed by atoms with van der Waals surface area (Å²) in [4.78, 5) is 8.05. The van der Waals surface area contributed by atoms with Crippen molar-refractivity contribution in [2.75, 3.05) is 12.8 Å². The number of halogens is 1. The SMILES string of the molecule is CO/C(=C1/C=C(c2ccnc(N)n2)C=CC1=N)c1cccc(F)c1. The van der Waals surface area contributed by atoms with Crippen LogP contribution in [-0.4, -0.2) is 22.8 Å². The number of methoxy groups -OCH3 is 1. The van der Waals surface area contributed by atoms with E-state index in [-0.39, 0.29) is 17.5 Å². The molecular formula is C18H15FN4O. The van der Waals surface area contributed by atoms with Crippen LogP contribution in [0, 0.1) is 11.2 Å². The van der Waals surface area contributed by atoms with E-state index in [1.165, 1.54) is 19.2 Å². The van der Waals surface area contributed by atoms with E-state index in [0.29, 0.717) is 22.6 Å². The molecule has 24 heavy (non-hydrogen) atoms. The van der Waals surface area contributed by atoms with Crippen molar-refractivity contribution in [1.29, 1.82) is 5.41 Å². The highest BCUT2D eigenvalue weighted by atomic mass is 19.1. The highest BCUT2D eigenvalue weighted by Gasteiger charge is 2.17. The Morgan fingerprint density at radius 3 is 2.79 bits per heavy atom. The lowest BCUT2D eigenvalue weighted by Gasteiger charge is -2.16. The van der Waals surface area contributed by atoms with E-state index >= 15 is 0 Å². The second-order valence-corrected chi connectivity index (χ2v) is 5.10. The number of nitrogen functional groups attached to an aromatic ring is 1. The number of benzene rings is 1. The third-order valence-electron chi connectivity index (χ3n) is 3.53. The van der Waals surface area contributed by atoms with Crippen molar-refractivity contribution in [3.63, 3.8) is 0 Å². The largest absolute Gasteiger partial charge is 0.495 e. The number of anilines is 1. The fourth-order valence-electron chi connectivity index (χ4n) is 2.44. The molecule has 1 heterocycles. The van der Waals surface area contributed by atoms with Crippen LogP contribution in [0.4, 0.5) is 10.3 Å². The maximum Gasteiger partial charge on any atom is 0.220 e. The van der Waals surface area contributed by atoms with E-state index in [0.717, 1.165) is 5.57 Å². The Kier molecular flexibility index (Phi) is 4.20. The smallest absolute Gasteiger partial charge is 0.220 e. The van der Waals surface area contributed by atoms with Gasteiger partial charge in [-0.2, -0.15) is 0 Å². The second kappa shape index (κ2) is 6.45. The van der Waals surface area contributed by atoms with Crippen LogP contribution in [0.2, 0.25) is 0 Å². The Balaban J connectivity index is 2.13. The van der Waals surface area contributed by atoms with Gasteiger partial charge in [0.2, 0.25) is 5.95 Å². The first-order valence-electron chi connectivity index (χ1n) is 7.20. The molecule has 120 valence electrons. The van der Waals surface area contributed by atoms with Crippen LogP contribution in [0.5, 0.6) is 0 Å². The van der Waals surface area contributed by atoms with Crippen molar-refractivity contribution in [3.8, 4) is 0 Å². The van der Waals surface area contributed by atoms with Gasteiger partial charge in [0.05, 0.1) is 18.5 Å². The van der Waals surface area contributed by atoms with Gasteiger partial charge in [-0.25, -0.2) is 14.4 Å². The summed E-state index contributed by atoms with van der Waals surface area (Å²) in [7, 11) is 1.50. The van der Waals surface area contributed by atoms with Crippen molar-refractivity contribution >= 4 is 23.0 Å². The zero-order chi connectivity index (χ0) is 17.1. The summed E-state index contributed by atoms with van der Waals surface area (Å²) in [6, 6.07) is 7.79. The highest BCUT2D eigenvalue weighted by molar-refractivity contribution is 6.16. The summed E-state index contributed by atoms with van der Waals surface area (Å²) in [6.45, 7) is 0. The number of aromatic nitrogens is 2. The number of rotatable bonds is 3. The quantitative estimate of drug-likeness (QED) is 0.850. The van der Waals surface area contributed by atoms with Gasteiger partial charge in [0, 0.05) is 22.9 Å². The molecule has 0 fully saturated rings. The van der Waals surface area contributed by atoms with Crippen LogP contribution in [0.15, 0.2) is 60.3 Å². The van der Waals surface area contributed by atoms with Crippen LogP contribution >= 0.6 is 0 Å². The lowest BCUT2D eigenvalue weighted by Crippen LogP contribution is -2.07. The molecule has 0 radical (unpaired) electrons. The van der Waals surface area contributed by atoms with Gasteiger partial charge < -0.3 is 15.9 Å². The molecule has 0 bridgehead atoms. The number of nitrogens with one attached hydrogen (secondary N) is 1. The van der Waals surface area contributed by atoms with Gasteiger partial charge >= 0.3 is 0 Å². The molecule has 0 spiro atoms. The van der Waals surface area contributed by atoms with Gasteiger partial charge in [0.1, 0.15) is 11.6 Å². The Morgan fingerprint density at radius 1 is 1.25 bits per heavy atom. The van der Waals surface area contributed by atoms with Gasteiger partial charge in [0.15, 0.2) is 0 Å². The molecule has 0 amide bonds. The van der Waals surface area contributed by atoms with Crippen molar-refractivity contribution in [2.24, 2.45) is 0 Å². The van der Waals surface area contributed by atoms with E-state index < -0.39 is 0 Å². The van der Waals surface area contributed by atoms with Crippen LogP contribution < -0.4 is 5.73 Å². The van der Waals surface area contributed by atoms with Gasteiger partial charge in [-0.1, -0.05) is 18.2 Å². The predicted octanol–water partition coefficient (Wildman–Crippen LogP) is 3.23. The molecule has 0 aliphatic heterocycles. The maximum absolute atomic E-state index is 13.5. The van der Waals surface area contributed by atoms with E-state index in [9.17, 15) is 4.39 Å². The van der Waals surface area contributed by atoms with Crippen LogP contribution in [-0.2, 0) is 4.74 Å². The predicted molar refractivity (Wildman–Crippen MR) is 91.6 cm³/mol. The average molecular weight is 322 g/mol. The normalized spacial score (nSPS) is 15.9. The molecule has 0 saturated carbocycles.